The van der Waals surface area contributed by atoms with Gasteiger partial charge in [-0.25, -0.2) is 0 Å². The van der Waals surface area contributed by atoms with E-state index in [1.54, 1.807) is 0 Å². The van der Waals surface area contributed by atoms with E-state index in [0.717, 1.165) is 18.4 Å². The van der Waals surface area contributed by atoms with Crippen molar-refractivity contribution in [2.75, 3.05) is 13.2 Å². The molecule has 0 saturated heterocycles. The van der Waals surface area contributed by atoms with E-state index in [4.69, 9.17) is 0 Å². The number of carbonyl (C=O) groups is 1. The van der Waals surface area contributed by atoms with Gasteiger partial charge in [-0.2, -0.15) is 0 Å². The van der Waals surface area contributed by atoms with Crippen LogP contribution in [0.1, 0.15) is 36.0 Å². The molecule has 0 bridgehead atoms. The van der Waals surface area contributed by atoms with Gasteiger partial charge in [0.1, 0.15) is 0 Å². The van der Waals surface area contributed by atoms with Crippen molar-refractivity contribution in [2.45, 2.75) is 39.5 Å². The molecule has 2 unspecified atom stereocenters. The lowest BCUT2D eigenvalue weighted by atomic mass is 9.97. The Labute approximate surface area is 121 Å². The molecule has 2 N–H and O–H groups in total. The summed E-state index contributed by atoms with van der Waals surface area (Å²) >= 11 is 0. The zero-order valence-corrected chi connectivity index (χ0v) is 12.5. The monoisotopic (exact) mass is 275 g/mol. The Bertz CT molecular complexity index is 470. The van der Waals surface area contributed by atoms with Crippen LogP contribution in [0.2, 0.25) is 0 Å². The smallest absolute Gasteiger partial charge is 0.224 e. The summed E-state index contributed by atoms with van der Waals surface area (Å²) in [5.74, 6) is 0.900. The summed E-state index contributed by atoms with van der Waals surface area (Å²) in [6, 6.07) is 6.17. The van der Waals surface area contributed by atoms with Crippen LogP contribution in [0.25, 0.3) is 0 Å². The molecule has 2 rings (SSSR count). The topological polar surface area (TPSA) is 49.3 Å². The van der Waals surface area contributed by atoms with Crippen molar-refractivity contribution >= 4 is 5.91 Å². The lowest BCUT2D eigenvalue weighted by Crippen LogP contribution is -2.32. The average Bonchev–Trinajstić information content (AvgIpc) is 2.88. The molecule has 1 saturated carbocycles. The fraction of sp³-hybridized carbons (Fsp3) is 0.588. The van der Waals surface area contributed by atoms with Crippen molar-refractivity contribution in [1.82, 2.24) is 5.32 Å². The second-order valence-electron chi connectivity index (χ2n) is 6.03. The summed E-state index contributed by atoms with van der Waals surface area (Å²) in [4.78, 5) is 12.0. The SMILES string of the molecule is Cc1ccc(CC(=O)NCC2CCCC2CO)cc1C. The molecule has 0 spiro atoms. The Hall–Kier alpha value is -1.35. The fourth-order valence-electron chi connectivity index (χ4n) is 3.03. The zero-order valence-electron chi connectivity index (χ0n) is 12.5. The molecule has 3 heteroatoms. The Kier molecular flexibility index (Phi) is 5.18. The lowest BCUT2D eigenvalue weighted by Gasteiger charge is -2.17. The van der Waals surface area contributed by atoms with Crippen molar-refractivity contribution in [3.63, 3.8) is 0 Å². The van der Waals surface area contributed by atoms with E-state index < -0.39 is 0 Å². The highest BCUT2D eigenvalue weighted by atomic mass is 16.3. The van der Waals surface area contributed by atoms with E-state index in [0.29, 0.717) is 24.8 Å². The van der Waals surface area contributed by atoms with Gasteiger partial charge >= 0.3 is 0 Å². The van der Waals surface area contributed by atoms with Gasteiger partial charge in [0.25, 0.3) is 0 Å². The molecule has 1 amide bonds. The largest absolute Gasteiger partial charge is 0.396 e. The van der Waals surface area contributed by atoms with Crippen LogP contribution in [-0.4, -0.2) is 24.2 Å². The fourth-order valence-corrected chi connectivity index (χ4v) is 3.03. The van der Waals surface area contributed by atoms with Gasteiger partial charge in [0, 0.05) is 13.2 Å². The van der Waals surface area contributed by atoms with Crippen molar-refractivity contribution < 1.29 is 9.90 Å². The van der Waals surface area contributed by atoms with Crippen LogP contribution in [0, 0.1) is 25.7 Å². The molecule has 3 nitrogen and oxygen atoms in total. The molecule has 1 fully saturated rings. The number of hydrogen-bond acceptors (Lipinski definition) is 2. The van der Waals surface area contributed by atoms with Gasteiger partial charge in [-0.15, -0.1) is 0 Å². The number of rotatable bonds is 5. The predicted molar refractivity (Wildman–Crippen MR) is 80.5 cm³/mol. The molecule has 0 heterocycles. The molecule has 1 aliphatic rings. The minimum absolute atomic E-state index is 0.0804. The molecule has 1 aromatic carbocycles. The van der Waals surface area contributed by atoms with Crippen LogP contribution in [-0.2, 0) is 11.2 Å². The second-order valence-corrected chi connectivity index (χ2v) is 6.03. The molecular formula is C17H25NO2. The minimum Gasteiger partial charge on any atom is -0.396 e. The summed E-state index contributed by atoms with van der Waals surface area (Å²) in [6.07, 6.45) is 3.82. The number of nitrogens with one attached hydrogen (secondary N) is 1. The van der Waals surface area contributed by atoms with E-state index in [-0.39, 0.29) is 12.5 Å². The van der Waals surface area contributed by atoms with Crippen LogP contribution < -0.4 is 5.32 Å². The van der Waals surface area contributed by atoms with Gasteiger partial charge in [-0.05, 0) is 55.2 Å². The van der Waals surface area contributed by atoms with Crippen molar-refractivity contribution in [1.29, 1.82) is 0 Å². The van der Waals surface area contributed by atoms with Gasteiger partial charge in [0.2, 0.25) is 5.91 Å². The number of hydrogen-bond donors (Lipinski definition) is 2. The van der Waals surface area contributed by atoms with Gasteiger partial charge < -0.3 is 10.4 Å². The molecule has 1 aliphatic carbocycles. The van der Waals surface area contributed by atoms with Crippen molar-refractivity contribution in [3.8, 4) is 0 Å². The molecule has 1 aromatic rings. The zero-order chi connectivity index (χ0) is 14.5. The first-order valence-electron chi connectivity index (χ1n) is 7.54. The normalized spacial score (nSPS) is 21.9. The minimum atomic E-state index is 0.0804. The van der Waals surface area contributed by atoms with Crippen LogP contribution >= 0.6 is 0 Å². The first-order valence-corrected chi connectivity index (χ1v) is 7.54. The van der Waals surface area contributed by atoms with Crippen LogP contribution in [0.4, 0.5) is 0 Å². The summed E-state index contributed by atoms with van der Waals surface area (Å²) < 4.78 is 0. The maximum absolute atomic E-state index is 12.0. The van der Waals surface area contributed by atoms with E-state index in [9.17, 15) is 9.90 Å². The Morgan fingerprint density at radius 3 is 2.70 bits per heavy atom. The van der Waals surface area contributed by atoms with E-state index in [2.05, 4.69) is 31.3 Å². The Balaban J connectivity index is 1.81. The van der Waals surface area contributed by atoms with Crippen LogP contribution in [0.5, 0.6) is 0 Å². The number of benzene rings is 1. The quantitative estimate of drug-likeness (QED) is 0.866. The summed E-state index contributed by atoms with van der Waals surface area (Å²) in [5, 5.41) is 12.3. The predicted octanol–water partition coefficient (Wildman–Crippen LogP) is 2.37. The summed E-state index contributed by atoms with van der Waals surface area (Å²) in [6.45, 7) is 5.10. The Morgan fingerprint density at radius 2 is 2.00 bits per heavy atom. The highest BCUT2D eigenvalue weighted by Gasteiger charge is 2.26. The molecule has 0 aliphatic heterocycles. The van der Waals surface area contributed by atoms with Gasteiger partial charge in [-0.3, -0.25) is 4.79 Å². The maximum atomic E-state index is 12.0. The third-order valence-corrected chi connectivity index (χ3v) is 4.55. The molecule has 20 heavy (non-hydrogen) atoms. The molecule has 0 aromatic heterocycles. The van der Waals surface area contributed by atoms with E-state index >= 15 is 0 Å². The Morgan fingerprint density at radius 1 is 1.25 bits per heavy atom. The van der Waals surface area contributed by atoms with Gasteiger partial charge in [0.05, 0.1) is 6.42 Å². The molecular weight excluding hydrogens is 250 g/mol. The highest BCUT2D eigenvalue weighted by molar-refractivity contribution is 5.78. The summed E-state index contributed by atoms with van der Waals surface area (Å²) in [7, 11) is 0. The third kappa shape index (κ3) is 3.83. The first-order chi connectivity index (χ1) is 9.60. The second kappa shape index (κ2) is 6.89. The molecule has 110 valence electrons. The van der Waals surface area contributed by atoms with Crippen LogP contribution in [0.3, 0.4) is 0 Å². The maximum Gasteiger partial charge on any atom is 0.224 e. The van der Waals surface area contributed by atoms with Crippen LogP contribution in [0.15, 0.2) is 18.2 Å². The average molecular weight is 275 g/mol. The van der Waals surface area contributed by atoms with Gasteiger partial charge in [0.15, 0.2) is 0 Å². The van der Waals surface area contributed by atoms with E-state index in [1.807, 2.05) is 6.07 Å². The number of amides is 1. The standard InChI is InChI=1S/C17H25NO2/c1-12-6-7-14(8-13(12)2)9-17(20)18-10-15-4-3-5-16(15)11-19/h6-8,15-16,19H,3-5,9-11H2,1-2H3,(H,18,20). The lowest BCUT2D eigenvalue weighted by molar-refractivity contribution is -0.120. The number of aliphatic hydroxyl groups excluding tert-OH is 1. The number of aryl methyl sites for hydroxylation is 2. The number of carbonyl (C=O) groups excluding carboxylic acids is 1. The van der Waals surface area contributed by atoms with Crippen molar-refractivity contribution in [2.24, 2.45) is 11.8 Å². The third-order valence-electron chi connectivity index (χ3n) is 4.55. The van der Waals surface area contributed by atoms with E-state index in [1.165, 1.54) is 17.5 Å². The molecule has 2 atom stereocenters. The van der Waals surface area contributed by atoms with Gasteiger partial charge in [-0.1, -0.05) is 24.6 Å². The van der Waals surface area contributed by atoms with Crippen molar-refractivity contribution in [3.05, 3.63) is 34.9 Å². The first kappa shape index (κ1) is 15.0. The summed E-state index contributed by atoms with van der Waals surface area (Å²) in [5.41, 5.74) is 3.55. The number of aliphatic hydroxyl groups is 1. The highest BCUT2D eigenvalue weighted by Crippen LogP contribution is 2.30. The molecule has 0 radical (unpaired) electrons.